The van der Waals surface area contributed by atoms with Gasteiger partial charge in [-0.3, -0.25) is 4.98 Å². The smallest absolute Gasteiger partial charge is 0.105 e. The molecule has 0 saturated heterocycles. The van der Waals surface area contributed by atoms with Gasteiger partial charge in [0.05, 0.1) is 11.4 Å². The molecule has 2 heterocycles. The third kappa shape index (κ3) is 2.63. The average Bonchev–Trinajstić information content (AvgIpc) is 2.99. The van der Waals surface area contributed by atoms with E-state index in [4.69, 9.17) is 5.73 Å². The molecule has 5 nitrogen and oxygen atoms in total. The molecule has 0 spiro atoms. The molecule has 0 aliphatic rings. The Balaban J connectivity index is 2.10. The quantitative estimate of drug-likeness (QED) is 0.803. The van der Waals surface area contributed by atoms with Crippen molar-refractivity contribution in [3.05, 3.63) is 60.0 Å². The van der Waals surface area contributed by atoms with Crippen LogP contribution in [-0.4, -0.2) is 20.0 Å². The second kappa shape index (κ2) is 6.07. The number of aromatic nitrogens is 4. The molecule has 0 bridgehead atoms. The molecule has 2 aromatic heterocycles. The van der Waals surface area contributed by atoms with E-state index in [9.17, 15) is 0 Å². The maximum absolute atomic E-state index is 5.81. The summed E-state index contributed by atoms with van der Waals surface area (Å²) in [6.45, 7) is 4.71. The fourth-order valence-corrected chi connectivity index (χ4v) is 2.43. The highest BCUT2D eigenvalue weighted by atomic mass is 15.4. The molecule has 0 atom stereocenters. The number of nitrogens with zero attached hydrogens (tertiary/aromatic N) is 4. The third-order valence-electron chi connectivity index (χ3n) is 3.69. The van der Waals surface area contributed by atoms with Gasteiger partial charge in [-0.1, -0.05) is 31.2 Å². The molecular weight excluding hydrogens is 274 g/mol. The minimum absolute atomic E-state index is 0.349. The van der Waals surface area contributed by atoms with Crippen LogP contribution >= 0.6 is 0 Å². The lowest BCUT2D eigenvalue weighted by Gasteiger charge is -2.10. The molecule has 3 rings (SSSR count). The maximum Gasteiger partial charge on any atom is 0.105 e. The molecule has 0 amide bonds. The predicted octanol–water partition coefficient (Wildman–Crippen LogP) is 2.91. The van der Waals surface area contributed by atoms with E-state index in [1.165, 1.54) is 5.56 Å². The number of nitrogens with two attached hydrogens (primary N) is 1. The normalized spacial score (nSPS) is 11.1. The van der Waals surface area contributed by atoms with Crippen LogP contribution in [0, 0.1) is 0 Å². The van der Waals surface area contributed by atoms with Crippen LogP contribution in [0.3, 0.4) is 0 Å². The van der Waals surface area contributed by atoms with E-state index in [0.717, 1.165) is 22.6 Å². The minimum Gasteiger partial charge on any atom is -0.325 e. The molecule has 0 aliphatic heterocycles. The van der Waals surface area contributed by atoms with E-state index in [-0.39, 0.29) is 0 Å². The molecule has 5 heteroatoms. The Morgan fingerprint density at radius 3 is 2.32 bits per heavy atom. The van der Waals surface area contributed by atoms with Gasteiger partial charge >= 0.3 is 0 Å². The summed E-state index contributed by atoms with van der Waals surface area (Å²) in [6.07, 6.45) is 3.52. The van der Waals surface area contributed by atoms with E-state index in [2.05, 4.69) is 53.4 Å². The summed E-state index contributed by atoms with van der Waals surface area (Å²) in [4.78, 5) is 4.06. The van der Waals surface area contributed by atoms with Gasteiger partial charge < -0.3 is 5.73 Å². The second-order valence-corrected chi connectivity index (χ2v) is 5.48. The fraction of sp³-hybridized carbons (Fsp3) is 0.235. The number of pyridine rings is 1. The van der Waals surface area contributed by atoms with Crippen LogP contribution in [0.1, 0.15) is 31.0 Å². The molecule has 1 aromatic carbocycles. The van der Waals surface area contributed by atoms with Gasteiger partial charge in [0.15, 0.2) is 0 Å². The first-order valence-electron chi connectivity index (χ1n) is 7.36. The van der Waals surface area contributed by atoms with E-state index in [1.54, 1.807) is 12.4 Å². The van der Waals surface area contributed by atoms with Crippen molar-refractivity contribution in [2.24, 2.45) is 5.73 Å². The molecule has 0 saturated carbocycles. The Hall–Kier alpha value is -2.53. The standard InChI is InChI=1S/C17H19N5/c1-12(2)13-3-5-15(6-4-13)22-17(16(11-18)20-21-22)14-7-9-19-10-8-14/h3-10,12H,11,18H2,1-2H3. The fourth-order valence-electron chi connectivity index (χ4n) is 2.43. The maximum atomic E-state index is 5.81. The number of rotatable bonds is 4. The lowest BCUT2D eigenvalue weighted by atomic mass is 10.0. The zero-order valence-electron chi connectivity index (χ0n) is 12.8. The summed E-state index contributed by atoms with van der Waals surface area (Å²) in [6, 6.07) is 12.3. The van der Waals surface area contributed by atoms with E-state index in [1.807, 2.05) is 16.8 Å². The van der Waals surface area contributed by atoms with Crippen LogP contribution in [0.4, 0.5) is 0 Å². The molecule has 0 unspecified atom stereocenters. The van der Waals surface area contributed by atoms with Crippen molar-refractivity contribution in [1.29, 1.82) is 0 Å². The topological polar surface area (TPSA) is 69.6 Å². The Labute approximate surface area is 129 Å². The van der Waals surface area contributed by atoms with Crippen LogP contribution in [-0.2, 0) is 6.54 Å². The van der Waals surface area contributed by atoms with Crippen LogP contribution in [0.15, 0.2) is 48.8 Å². The highest BCUT2D eigenvalue weighted by Crippen LogP contribution is 2.25. The predicted molar refractivity (Wildman–Crippen MR) is 86.6 cm³/mol. The lowest BCUT2D eigenvalue weighted by molar-refractivity contribution is 0.797. The largest absolute Gasteiger partial charge is 0.325 e. The number of benzene rings is 1. The first kappa shape index (κ1) is 14.4. The SMILES string of the molecule is CC(C)c1ccc(-n2nnc(CN)c2-c2ccncc2)cc1. The van der Waals surface area contributed by atoms with Crippen molar-refractivity contribution in [1.82, 2.24) is 20.0 Å². The zero-order chi connectivity index (χ0) is 15.5. The second-order valence-electron chi connectivity index (χ2n) is 5.48. The van der Waals surface area contributed by atoms with Crippen molar-refractivity contribution in [3.8, 4) is 16.9 Å². The monoisotopic (exact) mass is 293 g/mol. The molecule has 22 heavy (non-hydrogen) atoms. The molecule has 2 N–H and O–H groups in total. The van der Waals surface area contributed by atoms with Gasteiger partial charge in [-0.05, 0) is 35.7 Å². The van der Waals surface area contributed by atoms with Crippen LogP contribution in [0.25, 0.3) is 16.9 Å². The highest BCUT2D eigenvalue weighted by molar-refractivity contribution is 5.63. The first-order valence-corrected chi connectivity index (χ1v) is 7.36. The lowest BCUT2D eigenvalue weighted by Crippen LogP contribution is -2.03. The summed E-state index contributed by atoms with van der Waals surface area (Å²) < 4.78 is 1.83. The van der Waals surface area contributed by atoms with Gasteiger partial charge in [0.25, 0.3) is 0 Å². The van der Waals surface area contributed by atoms with Gasteiger partial charge in [0.1, 0.15) is 5.69 Å². The van der Waals surface area contributed by atoms with Gasteiger partial charge in [-0.2, -0.15) is 0 Å². The van der Waals surface area contributed by atoms with Gasteiger partial charge in [-0.15, -0.1) is 5.10 Å². The molecule has 0 aliphatic carbocycles. The summed E-state index contributed by atoms with van der Waals surface area (Å²) in [7, 11) is 0. The Morgan fingerprint density at radius 1 is 1.05 bits per heavy atom. The Bertz CT molecular complexity index is 744. The first-order chi connectivity index (χ1) is 10.7. The van der Waals surface area contributed by atoms with Crippen molar-refractivity contribution in [2.75, 3.05) is 0 Å². The molecular formula is C17H19N5. The summed E-state index contributed by atoms with van der Waals surface area (Å²) in [5.74, 6) is 0.504. The summed E-state index contributed by atoms with van der Waals surface area (Å²) in [5, 5.41) is 8.49. The molecule has 3 aromatic rings. The van der Waals surface area contributed by atoms with Gasteiger partial charge in [0.2, 0.25) is 0 Å². The van der Waals surface area contributed by atoms with Crippen molar-refractivity contribution in [3.63, 3.8) is 0 Å². The van der Waals surface area contributed by atoms with Crippen molar-refractivity contribution in [2.45, 2.75) is 26.3 Å². The van der Waals surface area contributed by atoms with Crippen molar-refractivity contribution >= 4 is 0 Å². The van der Waals surface area contributed by atoms with Crippen LogP contribution < -0.4 is 5.73 Å². The minimum atomic E-state index is 0.349. The number of hydrogen-bond donors (Lipinski definition) is 1. The molecule has 0 fully saturated rings. The van der Waals surface area contributed by atoms with E-state index < -0.39 is 0 Å². The molecule has 112 valence electrons. The van der Waals surface area contributed by atoms with Crippen LogP contribution in [0.5, 0.6) is 0 Å². The van der Waals surface area contributed by atoms with E-state index >= 15 is 0 Å². The zero-order valence-corrected chi connectivity index (χ0v) is 12.8. The Morgan fingerprint density at radius 2 is 1.73 bits per heavy atom. The third-order valence-corrected chi connectivity index (χ3v) is 3.69. The molecule has 0 radical (unpaired) electrons. The van der Waals surface area contributed by atoms with Gasteiger partial charge in [0, 0.05) is 24.5 Å². The van der Waals surface area contributed by atoms with Crippen molar-refractivity contribution < 1.29 is 0 Å². The van der Waals surface area contributed by atoms with Crippen LogP contribution in [0.2, 0.25) is 0 Å². The summed E-state index contributed by atoms with van der Waals surface area (Å²) >= 11 is 0. The highest BCUT2D eigenvalue weighted by Gasteiger charge is 2.15. The average molecular weight is 293 g/mol. The van der Waals surface area contributed by atoms with Gasteiger partial charge in [-0.25, -0.2) is 4.68 Å². The van der Waals surface area contributed by atoms with E-state index in [0.29, 0.717) is 12.5 Å². The Kier molecular flexibility index (Phi) is 3.98. The number of hydrogen-bond acceptors (Lipinski definition) is 4. The summed E-state index contributed by atoms with van der Waals surface area (Å²) in [5.41, 5.74) is 10.8.